The standard InChI is InChI=1S/C47H33N3O.2C41H29N3O/c1-3-13-39(14-4-1)49(40-15-5-2-6-16-40)43-29-31-44(32-30-43)50(42-27-23-36(24-28-42)47-48-45-17-9-10-18-46(45)51-47)41-25-21-35(22-26-41)38-20-19-34-11-7-8-12-37(34)33-38;1-3-14-32(15-4-1)43(33-16-5-2-6-17-33)34-26-28-36(29-27-34)44(39-20-11-13-30-12-7-8-18-37(30)39)35-24-22-31(23-25-35)41-42-38-19-9-10-21-40(38)45-41;1-3-13-33(14-4-1)43(34-15-5-2-6-16-34)36-25-27-37(28-26-36)44(38-24-19-30-11-7-8-12-32(30)29-38)35-22-20-31(21-23-35)41-42-39-17-9-10-18-40(39)45-41/h1-33H;2*1-29H. The van der Waals surface area contributed by atoms with Gasteiger partial charge in [0, 0.05) is 119 Å². The van der Waals surface area contributed by atoms with Gasteiger partial charge >= 0.3 is 0 Å². The van der Waals surface area contributed by atoms with Crippen LogP contribution in [0, 0.1) is 0 Å². The fourth-order valence-corrected chi connectivity index (χ4v) is 18.5. The van der Waals surface area contributed by atoms with Gasteiger partial charge < -0.3 is 42.7 Å². The second kappa shape index (κ2) is 39.4. The Hall–Kier alpha value is -19.2. The van der Waals surface area contributed by atoms with Crippen LogP contribution in [0.5, 0.6) is 0 Å². The molecule has 0 radical (unpaired) electrons. The summed E-state index contributed by atoms with van der Waals surface area (Å²) in [5, 5.41) is 7.26. The first-order valence-electron chi connectivity index (χ1n) is 47.2. The predicted molar refractivity (Wildman–Crippen MR) is 584 cm³/mol. The van der Waals surface area contributed by atoms with E-state index in [9.17, 15) is 0 Å². The highest BCUT2D eigenvalue weighted by molar-refractivity contribution is 6.00. The number of hydrogen-bond acceptors (Lipinski definition) is 12. The molecule has 22 aromatic carbocycles. The summed E-state index contributed by atoms with van der Waals surface area (Å²) in [7, 11) is 0. The number of para-hydroxylation sites is 12. The second-order valence-corrected chi connectivity index (χ2v) is 34.3. The van der Waals surface area contributed by atoms with E-state index >= 15 is 0 Å². The third kappa shape index (κ3) is 18.4. The molecule has 3 aromatic heterocycles. The molecule has 0 aliphatic carbocycles. The molecule has 0 spiro atoms. The van der Waals surface area contributed by atoms with Gasteiger partial charge in [0.25, 0.3) is 0 Å². The van der Waals surface area contributed by atoms with Crippen molar-refractivity contribution in [2.45, 2.75) is 0 Å². The zero-order valence-corrected chi connectivity index (χ0v) is 76.8. The van der Waals surface area contributed by atoms with Gasteiger partial charge in [-0.2, -0.15) is 0 Å². The zero-order valence-electron chi connectivity index (χ0n) is 76.8. The second-order valence-electron chi connectivity index (χ2n) is 34.3. The SMILES string of the molecule is c1ccc(N(c2ccccc2)c2ccc(N(c3ccc(-c4ccc5ccccc5c4)cc3)c3ccc(-c4nc5ccccc5o4)cc3)cc2)cc1.c1ccc(N(c2ccccc2)c2ccc(N(c3ccc(-c4nc5ccccc5o4)cc3)c3ccc4ccccc4c3)cc2)cc1.c1ccc(N(c2ccccc2)c2ccc(N(c3ccc(-c4nc5ccccc5o4)cc3)c3cccc4ccccc34)cc2)cc1. The average Bonchev–Trinajstić information content (AvgIpc) is 0.887. The molecular weight excluding hydrogens is 1720 g/mol. The van der Waals surface area contributed by atoms with Gasteiger partial charge in [-0.15, -0.1) is 0 Å². The minimum Gasteiger partial charge on any atom is -0.436 e. The van der Waals surface area contributed by atoms with Gasteiger partial charge in [-0.3, -0.25) is 0 Å². The molecule has 0 saturated carbocycles. The van der Waals surface area contributed by atoms with Gasteiger partial charge in [0.1, 0.15) is 16.6 Å². The Morgan fingerprint density at radius 3 is 0.681 bits per heavy atom. The fourth-order valence-electron chi connectivity index (χ4n) is 18.5. The van der Waals surface area contributed by atoms with Crippen LogP contribution in [0.25, 0.3) is 111 Å². The molecule has 0 fully saturated rings. The lowest BCUT2D eigenvalue weighted by molar-refractivity contribution is 0.619. The lowest BCUT2D eigenvalue weighted by Crippen LogP contribution is -2.12. The third-order valence-electron chi connectivity index (χ3n) is 25.4. The molecule has 0 unspecified atom stereocenters. The summed E-state index contributed by atoms with van der Waals surface area (Å²) in [6, 6.07) is 192. The summed E-state index contributed by atoms with van der Waals surface area (Å²) < 4.78 is 18.2. The molecule has 3 heterocycles. The van der Waals surface area contributed by atoms with E-state index in [4.69, 9.17) is 28.2 Å². The highest BCUT2D eigenvalue weighted by Gasteiger charge is 2.24. The van der Waals surface area contributed by atoms with Crippen molar-refractivity contribution < 1.29 is 13.3 Å². The summed E-state index contributed by atoms with van der Waals surface area (Å²) in [4.78, 5) is 27.9. The minimum absolute atomic E-state index is 0.611. The molecule has 0 atom stereocenters. The van der Waals surface area contributed by atoms with E-state index in [1.807, 2.05) is 97.1 Å². The molecule has 25 rings (SSSR count). The van der Waals surface area contributed by atoms with Crippen LogP contribution >= 0.6 is 0 Å². The molecule has 0 N–H and O–H groups in total. The highest BCUT2D eigenvalue weighted by atomic mass is 16.4. The van der Waals surface area contributed by atoms with Crippen LogP contribution in [0.1, 0.15) is 0 Å². The van der Waals surface area contributed by atoms with Gasteiger partial charge in [-0.1, -0.05) is 261 Å². The van der Waals surface area contributed by atoms with Gasteiger partial charge in [0.05, 0.1) is 5.69 Å². The Labute approximate surface area is 817 Å². The summed E-state index contributed by atoms with van der Waals surface area (Å²) in [5.41, 5.74) is 29.5. The van der Waals surface area contributed by atoms with E-state index in [2.05, 4.69) is 484 Å². The monoisotopic (exact) mass is 1810 g/mol. The Bertz CT molecular complexity index is 8350. The van der Waals surface area contributed by atoms with Crippen molar-refractivity contribution in [1.29, 1.82) is 0 Å². The third-order valence-corrected chi connectivity index (χ3v) is 25.4. The van der Waals surface area contributed by atoms with Crippen LogP contribution in [-0.2, 0) is 0 Å². The van der Waals surface area contributed by atoms with Crippen LogP contribution in [0.3, 0.4) is 0 Å². The van der Waals surface area contributed by atoms with E-state index in [0.717, 1.165) is 152 Å². The first-order chi connectivity index (χ1) is 69.9. The molecule has 25 aromatic rings. The minimum atomic E-state index is 0.611. The van der Waals surface area contributed by atoms with Crippen molar-refractivity contribution in [3.05, 3.63) is 552 Å². The molecule has 12 heteroatoms. The first kappa shape index (κ1) is 86.0. The molecule has 0 bridgehead atoms. The largest absolute Gasteiger partial charge is 0.436 e. The van der Waals surface area contributed by atoms with Crippen molar-refractivity contribution in [1.82, 2.24) is 15.0 Å². The number of benzene rings is 22. The van der Waals surface area contributed by atoms with Crippen LogP contribution in [0.4, 0.5) is 102 Å². The van der Waals surface area contributed by atoms with Gasteiger partial charge in [-0.25, -0.2) is 15.0 Å². The topological polar surface area (TPSA) is 97.5 Å². The average molecular weight is 1820 g/mol. The molecule has 141 heavy (non-hydrogen) atoms. The lowest BCUT2D eigenvalue weighted by atomic mass is 10.0. The van der Waals surface area contributed by atoms with E-state index in [0.29, 0.717) is 17.7 Å². The Balaban J connectivity index is 0.000000118. The predicted octanol–water partition coefficient (Wildman–Crippen LogP) is 36.4. The zero-order chi connectivity index (χ0) is 94.0. The van der Waals surface area contributed by atoms with E-state index in [-0.39, 0.29) is 0 Å². The number of hydrogen-bond donors (Lipinski definition) is 0. The van der Waals surface area contributed by atoms with Crippen molar-refractivity contribution >= 4 is 168 Å². The van der Waals surface area contributed by atoms with Gasteiger partial charge in [0.2, 0.25) is 17.7 Å². The lowest BCUT2D eigenvalue weighted by Gasteiger charge is -2.29. The highest BCUT2D eigenvalue weighted by Crippen LogP contribution is 2.47. The van der Waals surface area contributed by atoms with Crippen LogP contribution < -0.4 is 29.4 Å². The molecule has 12 nitrogen and oxygen atoms in total. The summed E-state index contributed by atoms with van der Waals surface area (Å²) in [6.07, 6.45) is 0. The van der Waals surface area contributed by atoms with Crippen molar-refractivity contribution in [3.63, 3.8) is 0 Å². The number of oxazole rings is 3. The maximum Gasteiger partial charge on any atom is 0.227 e. The maximum absolute atomic E-state index is 6.08. The smallest absolute Gasteiger partial charge is 0.227 e. The summed E-state index contributed by atoms with van der Waals surface area (Å²) in [6.45, 7) is 0. The van der Waals surface area contributed by atoms with Gasteiger partial charge in [0.15, 0.2) is 16.7 Å². The molecule has 0 saturated heterocycles. The van der Waals surface area contributed by atoms with Crippen molar-refractivity contribution in [3.8, 4) is 45.5 Å². The maximum atomic E-state index is 6.08. The number of rotatable bonds is 22. The Kier molecular flexibility index (Phi) is 24.0. The van der Waals surface area contributed by atoms with Crippen LogP contribution in [0.2, 0.25) is 0 Å². The summed E-state index contributed by atoms with van der Waals surface area (Å²) in [5.74, 6) is 1.84. The Morgan fingerprint density at radius 1 is 0.135 bits per heavy atom. The Morgan fingerprint density at radius 2 is 0.355 bits per heavy atom. The summed E-state index contributed by atoms with van der Waals surface area (Å²) >= 11 is 0. The number of nitrogens with zero attached hydrogens (tertiary/aromatic N) is 9. The molecule has 0 aliphatic heterocycles. The van der Waals surface area contributed by atoms with E-state index in [1.165, 1.54) is 43.4 Å². The fraction of sp³-hybridized carbons (Fsp3) is 0. The molecular formula is C129H91N9O3. The molecule has 0 aliphatic rings. The molecule has 670 valence electrons. The van der Waals surface area contributed by atoms with Crippen LogP contribution in [0.15, 0.2) is 565 Å². The van der Waals surface area contributed by atoms with E-state index < -0.39 is 0 Å². The van der Waals surface area contributed by atoms with E-state index in [1.54, 1.807) is 0 Å². The number of aromatic nitrogens is 3. The van der Waals surface area contributed by atoms with Crippen molar-refractivity contribution in [2.75, 3.05) is 29.4 Å². The first-order valence-corrected chi connectivity index (χ1v) is 47.2. The number of anilines is 18. The van der Waals surface area contributed by atoms with Crippen molar-refractivity contribution in [2.24, 2.45) is 0 Å². The van der Waals surface area contributed by atoms with Gasteiger partial charge in [-0.05, 0) is 329 Å². The normalized spacial score (nSPS) is 11.1. The van der Waals surface area contributed by atoms with Crippen LogP contribution in [-0.4, -0.2) is 15.0 Å². The quantitative estimate of drug-likeness (QED) is 0.0646. The molecule has 0 amide bonds. The number of fused-ring (bicyclic) bond motifs is 6.